The monoisotopic (exact) mass is 262 g/mol. The standard InChI is InChI=1S/C14H18N2O3/c1-3-17-13-6-4-5-7-14(13)19-9-8-18-12-10-15-16(2)11-12/h4-7,10-11H,3,8-9H2,1-2H3. The van der Waals surface area contributed by atoms with Gasteiger partial charge in [-0.15, -0.1) is 0 Å². The molecule has 0 saturated heterocycles. The molecule has 2 aromatic rings. The Hall–Kier alpha value is -2.17. The zero-order valence-corrected chi connectivity index (χ0v) is 11.2. The van der Waals surface area contributed by atoms with Crippen LogP contribution < -0.4 is 14.2 Å². The maximum Gasteiger partial charge on any atom is 0.161 e. The SMILES string of the molecule is CCOc1ccccc1OCCOc1cnn(C)c1. The maximum absolute atomic E-state index is 5.64. The van der Waals surface area contributed by atoms with E-state index in [0.29, 0.717) is 19.8 Å². The second kappa shape index (κ2) is 6.68. The van der Waals surface area contributed by atoms with Crippen molar-refractivity contribution in [3.63, 3.8) is 0 Å². The van der Waals surface area contributed by atoms with E-state index in [9.17, 15) is 0 Å². The Morgan fingerprint density at radius 2 is 1.74 bits per heavy atom. The topological polar surface area (TPSA) is 45.5 Å². The van der Waals surface area contributed by atoms with Crippen LogP contribution in [0.15, 0.2) is 36.7 Å². The molecule has 0 atom stereocenters. The van der Waals surface area contributed by atoms with E-state index in [-0.39, 0.29) is 0 Å². The lowest BCUT2D eigenvalue weighted by molar-refractivity contribution is 0.208. The Kier molecular flexibility index (Phi) is 4.66. The first-order valence-corrected chi connectivity index (χ1v) is 6.25. The van der Waals surface area contributed by atoms with E-state index in [4.69, 9.17) is 14.2 Å². The van der Waals surface area contributed by atoms with Gasteiger partial charge in [-0.25, -0.2) is 0 Å². The Balaban J connectivity index is 1.79. The molecular weight excluding hydrogens is 244 g/mol. The van der Waals surface area contributed by atoms with E-state index in [1.165, 1.54) is 0 Å². The third kappa shape index (κ3) is 3.91. The van der Waals surface area contributed by atoms with Crippen molar-refractivity contribution < 1.29 is 14.2 Å². The molecular formula is C14H18N2O3. The number of aryl methyl sites for hydroxylation is 1. The van der Waals surface area contributed by atoms with Crippen LogP contribution in [0.25, 0.3) is 0 Å². The Labute approximate surface area is 112 Å². The van der Waals surface area contributed by atoms with Crippen LogP contribution in [0.3, 0.4) is 0 Å². The van der Waals surface area contributed by atoms with Crippen LogP contribution in [-0.2, 0) is 7.05 Å². The summed E-state index contributed by atoms with van der Waals surface area (Å²) in [6.07, 6.45) is 3.49. The van der Waals surface area contributed by atoms with Crippen molar-refractivity contribution in [1.29, 1.82) is 0 Å². The fourth-order valence-electron chi connectivity index (χ4n) is 1.63. The minimum atomic E-state index is 0.457. The van der Waals surface area contributed by atoms with Crippen molar-refractivity contribution in [2.24, 2.45) is 7.05 Å². The molecule has 1 aromatic carbocycles. The predicted octanol–water partition coefficient (Wildman–Crippen LogP) is 2.28. The average Bonchev–Trinajstić information content (AvgIpc) is 2.83. The highest BCUT2D eigenvalue weighted by Crippen LogP contribution is 2.26. The Morgan fingerprint density at radius 1 is 1.05 bits per heavy atom. The zero-order valence-electron chi connectivity index (χ0n) is 11.2. The number of para-hydroxylation sites is 2. The van der Waals surface area contributed by atoms with Crippen LogP contribution >= 0.6 is 0 Å². The molecule has 1 heterocycles. The van der Waals surface area contributed by atoms with Gasteiger partial charge in [0.2, 0.25) is 0 Å². The molecule has 0 aliphatic rings. The molecule has 0 saturated carbocycles. The Bertz CT molecular complexity index is 511. The number of rotatable bonds is 7. The van der Waals surface area contributed by atoms with Gasteiger partial charge in [-0.05, 0) is 19.1 Å². The number of aromatic nitrogens is 2. The van der Waals surface area contributed by atoms with Crippen LogP contribution in [0.2, 0.25) is 0 Å². The van der Waals surface area contributed by atoms with E-state index >= 15 is 0 Å². The number of nitrogens with zero attached hydrogens (tertiary/aromatic N) is 2. The zero-order chi connectivity index (χ0) is 13.5. The molecule has 0 aliphatic carbocycles. The van der Waals surface area contributed by atoms with E-state index < -0.39 is 0 Å². The normalized spacial score (nSPS) is 10.2. The summed E-state index contributed by atoms with van der Waals surface area (Å²) in [5.74, 6) is 2.23. The van der Waals surface area contributed by atoms with Gasteiger partial charge in [-0.2, -0.15) is 5.10 Å². The molecule has 0 fully saturated rings. The van der Waals surface area contributed by atoms with Crippen LogP contribution in [-0.4, -0.2) is 29.6 Å². The fourth-order valence-corrected chi connectivity index (χ4v) is 1.63. The summed E-state index contributed by atoms with van der Waals surface area (Å²) >= 11 is 0. The number of ether oxygens (including phenoxy) is 3. The lowest BCUT2D eigenvalue weighted by atomic mass is 10.3. The smallest absolute Gasteiger partial charge is 0.161 e. The highest BCUT2D eigenvalue weighted by Gasteiger charge is 2.03. The van der Waals surface area contributed by atoms with Gasteiger partial charge >= 0.3 is 0 Å². The van der Waals surface area contributed by atoms with Crippen LogP contribution in [0.1, 0.15) is 6.92 Å². The lowest BCUT2D eigenvalue weighted by Crippen LogP contribution is -2.09. The predicted molar refractivity (Wildman–Crippen MR) is 71.8 cm³/mol. The number of hydrogen-bond acceptors (Lipinski definition) is 4. The molecule has 102 valence electrons. The maximum atomic E-state index is 5.64. The van der Waals surface area contributed by atoms with E-state index in [1.807, 2.05) is 44.4 Å². The van der Waals surface area contributed by atoms with E-state index in [1.54, 1.807) is 10.9 Å². The molecule has 5 nitrogen and oxygen atoms in total. The molecule has 19 heavy (non-hydrogen) atoms. The second-order valence-electron chi connectivity index (χ2n) is 3.93. The van der Waals surface area contributed by atoms with Crippen molar-refractivity contribution in [2.45, 2.75) is 6.92 Å². The number of hydrogen-bond donors (Lipinski definition) is 0. The van der Waals surface area contributed by atoms with Crippen molar-refractivity contribution >= 4 is 0 Å². The van der Waals surface area contributed by atoms with Gasteiger partial charge in [0.25, 0.3) is 0 Å². The molecule has 0 amide bonds. The summed E-state index contributed by atoms with van der Waals surface area (Å²) in [5.41, 5.74) is 0. The van der Waals surface area contributed by atoms with Gasteiger partial charge in [0.15, 0.2) is 17.2 Å². The first-order chi connectivity index (χ1) is 9.29. The summed E-state index contributed by atoms with van der Waals surface area (Å²) in [5, 5.41) is 4.02. The van der Waals surface area contributed by atoms with Crippen molar-refractivity contribution in [3.8, 4) is 17.2 Å². The molecule has 0 unspecified atom stereocenters. The van der Waals surface area contributed by atoms with Gasteiger partial charge in [0.1, 0.15) is 13.2 Å². The second-order valence-corrected chi connectivity index (χ2v) is 3.93. The minimum Gasteiger partial charge on any atom is -0.490 e. The van der Waals surface area contributed by atoms with Gasteiger partial charge in [0.05, 0.1) is 19.0 Å². The molecule has 2 rings (SSSR count). The summed E-state index contributed by atoms with van der Waals surface area (Å²) in [7, 11) is 1.85. The van der Waals surface area contributed by atoms with Gasteiger partial charge in [-0.1, -0.05) is 12.1 Å². The fraction of sp³-hybridized carbons (Fsp3) is 0.357. The van der Waals surface area contributed by atoms with Crippen LogP contribution in [0.4, 0.5) is 0 Å². The molecule has 0 radical (unpaired) electrons. The third-order valence-corrected chi connectivity index (χ3v) is 2.44. The summed E-state index contributed by atoms with van der Waals surface area (Å²) in [4.78, 5) is 0. The minimum absolute atomic E-state index is 0.457. The highest BCUT2D eigenvalue weighted by atomic mass is 16.5. The lowest BCUT2D eigenvalue weighted by Gasteiger charge is -2.11. The van der Waals surface area contributed by atoms with Crippen molar-refractivity contribution in [2.75, 3.05) is 19.8 Å². The molecule has 1 aromatic heterocycles. The van der Waals surface area contributed by atoms with Gasteiger partial charge < -0.3 is 14.2 Å². The average molecular weight is 262 g/mol. The Morgan fingerprint density at radius 3 is 2.37 bits per heavy atom. The van der Waals surface area contributed by atoms with Crippen molar-refractivity contribution in [1.82, 2.24) is 9.78 Å². The van der Waals surface area contributed by atoms with Crippen LogP contribution in [0, 0.1) is 0 Å². The van der Waals surface area contributed by atoms with E-state index in [2.05, 4.69) is 5.10 Å². The first kappa shape index (κ1) is 13.3. The quantitative estimate of drug-likeness (QED) is 0.718. The molecule has 0 spiro atoms. The largest absolute Gasteiger partial charge is 0.490 e. The summed E-state index contributed by atoms with van der Waals surface area (Å²) in [6.45, 7) is 3.49. The molecule has 5 heteroatoms. The van der Waals surface area contributed by atoms with Gasteiger partial charge in [0, 0.05) is 7.05 Å². The van der Waals surface area contributed by atoms with Crippen LogP contribution in [0.5, 0.6) is 17.2 Å². The summed E-state index contributed by atoms with van der Waals surface area (Å²) in [6, 6.07) is 7.61. The third-order valence-electron chi connectivity index (χ3n) is 2.44. The molecule has 0 aliphatic heterocycles. The highest BCUT2D eigenvalue weighted by molar-refractivity contribution is 5.39. The molecule has 0 bridgehead atoms. The first-order valence-electron chi connectivity index (χ1n) is 6.25. The molecule has 0 N–H and O–H groups in total. The number of benzene rings is 1. The van der Waals surface area contributed by atoms with Crippen molar-refractivity contribution in [3.05, 3.63) is 36.7 Å². The van der Waals surface area contributed by atoms with Gasteiger partial charge in [-0.3, -0.25) is 4.68 Å². The summed E-state index contributed by atoms with van der Waals surface area (Å²) < 4.78 is 18.3. The van der Waals surface area contributed by atoms with E-state index in [0.717, 1.165) is 17.2 Å².